The quantitative estimate of drug-likeness (QED) is 0.825. The van der Waals surface area contributed by atoms with Crippen molar-refractivity contribution in [2.45, 2.75) is 25.5 Å². The van der Waals surface area contributed by atoms with Crippen LogP contribution in [0.1, 0.15) is 28.3 Å². The Balaban J connectivity index is 1.84. The molecule has 0 spiro atoms. The van der Waals surface area contributed by atoms with Crippen LogP contribution in [0.3, 0.4) is 0 Å². The molecule has 6 nitrogen and oxygen atoms in total. The summed E-state index contributed by atoms with van der Waals surface area (Å²) >= 11 is 1.21. The summed E-state index contributed by atoms with van der Waals surface area (Å²) in [6.07, 6.45) is 1.27. The topological polar surface area (TPSA) is 88.5 Å². The van der Waals surface area contributed by atoms with Crippen LogP contribution in [0.2, 0.25) is 0 Å². The lowest BCUT2D eigenvalue weighted by atomic mass is 10.2. The monoisotopic (exact) mass is 256 g/mol. The van der Waals surface area contributed by atoms with Crippen molar-refractivity contribution < 1.29 is 19.4 Å². The Morgan fingerprint density at radius 3 is 3.06 bits per heavy atom. The molecule has 0 aliphatic carbocycles. The number of carbonyl (C=O) groups excluding carboxylic acids is 1. The maximum atomic E-state index is 11.6. The minimum absolute atomic E-state index is 0.0105. The minimum Gasteiger partial charge on any atom is -0.476 e. The van der Waals surface area contributed by atoms with Crippen molar-refractivity contribution in [2.75, 3.05) is 6.61 Å². The van der Waals surface area contributed by atoms with Crippen molar-refractivity contribution in [2.24, 2.45) is 0 Å². The summed E-state index contributed by atoms with van der Waals surface area (Å²) in [6.45, 7) is 0.870. The van der Waals surface area contributed by atoms with Crippen LogP contribution >= 0.6 is 11.3 Å². The molecule has 1 aromatic rings. The fraction of sp³-hybridized carbons (Fsp3) is 0.500. The van der Waals surface area contributed by atoms with E-state index >= 15 is 0 Å². The van der Waals surface area contributed by atoms with Crippen molar-refractivity contribution in [3.8, 4) is 0 Å². The molecule has 0 bridgehead atoms. The van der Waals surface area contributed by atoms with Gasteiger partial charge in [-0.2, -0.15) is 0 Å². The molecule has 7 heteroatoms. The molecule has 1 aliphatic heterocycles. The molecule has 1 amide bonds. The minimum atomic E-state index is -1.06. The number of hydrogen-bond donors (Lipinski definition) is 2. The van der Waals surface area contributed by atoms with E-state index in [0.29, 0.717) is 11.6 Å². The smallest absolute Gasteiger partial charge is 0.355 e. The highest BCUT2D eigenvalue weighted by Crippen LogP contribution is 2.13. The first kappa shape index (κ1) is 12.0. The van der Waals surface area contributed by atoms with E-state index in [0.717, 1.165) is 12.8 Å². The van der Waals surface area contributed by atoms with E-state index in [4.69, 9.17) is 9.84 Å². The normalized spacial score (nSPS) is 19.2. The van der Waals surface area contributed by atoms with E-state index in [1.807, 2.05) is 0 Å². The Labute approximate surface area is 102 Å². The van der Waals surface area contributed by atoms with Gasteiger partial charge in [0.05, 0.1) is 6.54 Å². The predicted octanol–water partition coefficient (Wildman–Crippen LogP) is 0.636. The van der Waals surface area contributed by atoms with Gasteiger partial charge < -0.3 is 15.2 Å². The number of carboxylic acids is 1. The van der Waals surface area contributed by atoms with Crippen LogP contribution in [-0.2, 0) is 16.1 Å². The van der Waals surface area contributed by atoms with Crippen LogP contribution in [0.4, 0.5) is 0 Å². The molecule has 0 radical (unpaired) electrons. The van der Waals surface area contributed by atoms with Crippen LogP contribution in [-0.4, -0.2) is 34.7 Å². The van der Waals surface area contributed by atoms with Crippen molar-refractivity contribution in [1.29, 1.82) is 0 Å². The summed E-state index contributed by atoms with van der Waals surface area (Å²) in [7, 11) is 0. The third-order valence-electron chi connectivity index (χ3n) is 2.41. The molecular weight excluding hydrogens is 244 g/mol. The predicted molar refractivity (Wildman–Crippen MR) is 59.9 cm³/mol. The summed E-state index contributed by atoms with van der Waals surface area (Å²) < 4.78 is 5.22. The number of amides is 1. The fourth-order valence-electron chi connectivity index (χ4n) is 1.55. The van der Waals surface area contributed by atoms with Gasteiger partial charge in [-0.1, -0.05) is 0 Å². The number of aromatic carboxylic acids is 1. The van der Waals surface area contributed by atoms with Crippen LogP contribution in [0, 0.1) is 0 Å². The van der Waals surface area contributed by atoms with E-state index in [2.05, 4.69) is 10.3 Å². The Kier molecular flexibility index (Phi) is 3.70. The lowest BCUT2D eigenvalue weighted by molar-refractivity contribution is -0.130. The average molecular weight is 256 g/mol. The molecule has 0 unspecified atom stereocenters. The van der Waals surface area contributed by atoms with Gasteiger partial charge in [-0.25, -0.2) is 9.78 Å². The first-order chi connectivity index (χ1) is 8.16. The molecule has 1 atom stereocenters. The Hall–Kier alpha value is -1.47. The lowest BCUT2D eigenvalue weighted by Crippen LogP contribution is -2.33. The van der Waals surface area contributed by atoms with Gasteiger partial charge in [0.1, 0.15) is 11.1 Å². The van der Waals surface area contributed by atoms with Gasteiger partial charge in [0.15, 0.2) is 5.69 Å². The van der Waals surface area contributed by atoms with Crippen molar-refractivity contribution in [3.05, 3.63) is 16.1 Å². The molecule has 2 N–H and O–H groups in total. The van der Waals surface area contributed by atoms with E-state index in [9.17, 15) is 9.59 Å². The highest BCUT2D eigenvalue weighted by Gasteiger charge is 2.23. The highest BCUT2D eigenvalue weighted by atomic mass is 32.1. The molecular formula is C10H12N2O4S. The fourth-order valence-corrected chi connectivity index (χ4v) is 2.26. The first-order valence-corrected chi connectivity index (χ1v) is 6.12. The molecule has 1 saturated heterocycles. The van der Waals surface area contributed by atoms with Crippen LogP contribution in [0.5, 0.6) is 0 Å². The molecule has 0 saturated carbocycles. The highest BCUT2D eigenvalue weighted by molar-refractivity contribution is 7.09. The number of nitrogens with zero attached hydrogens (tertiary/aromatic N) is 1. The summed E-state index contributed by atoms with van der Waals surface area (Å²) in [5.41, 5.74) is 0.0105. The molecule has 2 rings (SSSR count). The third-order valence-corrected chi connectivity index (χ3v) is 3.26. The molecule has 92 valence electrons. The summed E-state index contributed by atoms with van der Waals surface area (Å²) in [6, 6.07) is 0. The zero-order valence-electron chi connectivity index (χ0n) is 9.01. The number of carboxylic acid groups (broad SMARTS) is 1. The number of thiazole rings is 1. The lowest BCUT2D eigenvalue weighted by Gasteiger charge is -2.08. The van der Waals surface area contributed by atoms with E-state index < -0.39 is 5.97 Å². The maximum Gasteiger partial charge on any atom is 0.355 e. The first-order valence-electron chi connectivity index (χ1n) is 5.24. The summed E-state index contributed by atoms with van der Waals surface area (Å²) in [5, 5.41) is 13.4. The van der Waals surface area contributed by atoms with Gasteiger partial charge in [-0.05, 0) is 12.8 Å². The maximum absolute atomic E-state index is 11.6. The molecule has 1 aliphatic rings. The average Bonchev–Trinajstić information content (AvgIpc) is 2.97. The number of aromatic nitrogens is 1. The van der Waals surface area contributed by atoms with Gasteiger partial charge in [-0.15, -0.1) is 11.3 Å². The van der Waals surface area contributed by atoms with Gasteiger partial charge in [0.25, 0.3) is 0 Å². The Bertz CT molecular complexity index is 426. The van der Waals surface area contributed by atoms with Crippen LogP contribution in [0.25, 0.3) is 0 Å². The summed E-state index contributed by atoms with van der Waals surface area (Å²) in [5.74, 6) is -1.22. The largest absolute Gasteiger partial charge is 0.476 e. The standard InChI is InChI=1S/C10H12N2O4S/c13-9(7-2-1-3-16-7)11-4-8-12-6(5-17-8)10(14)15/h5,7H,1-4H2,(H,11,13)(H,14,15)/t7-/m0/s1. The van der Waals surface area contributed by atoms with E-state index in [1.54, 1.807) is 0 Å². The second-order valence-electron chi connectivity index (χ2n) is 3.65. The number of rotatable bonds is 4. The number of carbonyl (C=O) groups is 2. The second kappa shape index (κ2) is 5.24. The molecule has 17 heavy (non-hydrogen) atoms. The SMILES string of the molecule is O=C(O)c1csc(CNC(=O)[C@@H]2CCCO2)n1. The zero-order chi connectivity index (χ0) is 12.3. The van der Waals surface area contributed by atoms with Gasteiger partial charge in [0.2, 0.25) is 5.91 Å². The molecule has 1 aromatic heterocycles. The van der Waals surface area contributed by atoms with Crippen LogP contribution in [0.15, 0.2) is 5.38 Å². The van der Waals surface area contributed by atoms with E-state index in [-0.39, 0.29) is 24.2 Å². The van der Waals surface area contributed by atoms with Gasteiger partial charge in [0, 0.05) is 12.0 Å². The molecule has 2 heterocycles. The van der Waals surface area contributed by atoms with Crippen molar-refractivity contribution in [3.63, 3.8) is 0 Å². The van der Waals surface area contributed by atoms with Gasteiger partial charge in [-0.3, -0.25) is 4.79 Å². The van der Waals surface area contributed by atoms with Crippen molar-refractivity contribution in [1.82, 2.24) is 10.3 Å². The van der Waals surface area contributed by atoms with Crippen molar-refractivity contribution >= 4 is 23.2 Å². The summed E-state index contributed by atoms with van der Waals surface area (Å²) in [4.78, 5) is 26.1. The third kappa shape index (κ3) is 3.01. The number of hydrogen-bond acceptors (Lipinski definition) is 5. The van der Waals surface area contributed by atoms with E-state index in [1.165, 1.54) is 16.7 Å². The molecule has 0 aromatic carbocycles. The number of ether oxygens (including phenoxy) is 1. The van der Waals surface area contributed by atoms with Crippen LogP contribution < -0.4 is 5.32 Å². The zero-order valence-corrected chi connectivity index (χ0v) is 9.83. The molecule has 1 fully saturated rings. The Morgan fingerprint density at radius 1 is 1.65 bits per heavy atom. The Morgan fingerprint density at radius 2 is 2.47 bits per heavy atom. The number of nitrogens with one attached hydrogen (secondary N) is 1. The van der Waals surface area contributed by atoms with Gasteiger partial charge >= 0.3 is 5.97 Å². The second-order valence-corrected chi connectivity index (χ2v) is 4.59.